The average molecular weight is 378 g/mol. The van der Waals surface area contributed by atoms with E-state index in [2.05, 4.69) is 20.3 Å². The Balaban J connectivity index is 1.92. The Kier molecular flexibility index (Phi) is 5.61. The SMILES string of the molecule is CC(C)NC(=O)c1cccc(-c2ccc(C(O)(c3c[nH]cn3)C(C)C)cc2)n1. The highest BCUT2D eigenvalue weighted by Gasteiger charge is 2.37. The molecule has 0 spiro atoms. The number of aromatic amines is 1. The third-order valence-corrected chi connectivity index (χ3v) is 4.75. The first kappa shape index (κ1) is 19.8. The number of nitrogens with one attached hydrogen (secondary N) is 2. The number of aliphatic hydroxyl groups is 1. The van der Waals surface area contributed by atoms with Crippen molar-refractivity contribution in [2.45, 2.75) is 39.3 Å². The van der Waals surface area contributed by atoms with Gasteiger partial charge in [0.15, 0.2) is 0 Å². The molecule has 0 bridgehead atoms. The van der Waals surface area contributed by atoms with E-state index in [9.17, 15) is 9.90 Å². The molecule has 3 aromatic rings. The van der Waals surface area contributed by atoms with E-state index in [4.69, 9.17) is 0 Å². The van der Waals surface area contributed by atoms with Crippen LogP contribution in [0.2, 0.25) is 0 Å². The van der Waals surface area contributed by atoms with Crippen molar-refractivity contribution in [3.05, 3.63) is 71.9 Å². The molecule has 28 heavy (non-hydrogen) atoms. The lowest BCUT2D eigenvalue weighted by Gasteiger charge is -2.31. The standard InChI is InChI=1S/C22H26N4O2/c1-14(2)22(28,20-12-23-13-24-20)17-10-8-16(9-11-17)18-6-5-7-19(26-18)21(27)25-15(3)4/h5-15,28H,1-4H3,(H,23,24)(H,25,27). The normalized spacial score (nSPS) is 13.5. The fourth-order valence-corrected chi connectivity index (χ4v) is 3.20. The van der Waals surface area contributed by atoms with Crippen LogP contribution in [-0.4, -0.2) is 32.0 Å². The van der Waals surface area contributed by atoms with Crippen LogP contribution in [0.1, 0.15) is 49.4 Å². The fraction of sp³-hybridized carbons (Fsp3) is 0.318. The predicted molar refractivity (Wildman–Crippen MR) is 109 cm³/mol. The molecule has 2 heterocycles. The van der Waals surface area contributed by atoms with Gasteiger partial charge in [-0.1, -0.05) is 44.2 Å². The molecule has 6 heteroatoms. The molecule has 1 aromatic carbocycles. The molecule has 1 amide bonds. The summed E-state index contributed by atoms with van der Waals surface area (Å²) >= 11 is 0. The highest BCUT2D eigenvalue weighted by Crippen LogP contribution is 2.36. The van der Waals surface area contributed by atoms with Crippen LogP contribution in [0.3, 0.4) is 0 Å². The topological polar surface area (TPSA) is 90.9 Å². The first-order valence-electron chi connectivity index (χ1n) is 9.42. The number of pyridine rings is 1. The number of aromatic nitrogens is 3. The summed E-state index contributed by atoms with van der Waals surface area (Å²) in [5, 5.41) is 14.2. The highest BCUT2D eigenvalue weighted by atomic mass is 16.3. The Hall–Kier alpha value is -2.99. The molecule has 3 rings (SSSR count). The summed E-state index contributed by atoms with van der Waals surface area (Å²) in [6.45, 7) is 7.74. The van der Waals surface area contributed by atoms with Gasteiger partial charge in [-0.25, -0.2) is 9.97 Å². The summed E-state index contributed by atoms with van der Waals surface area (Å²) in [5.41, 5.74) is 2.11. The molecule has 0 radical (unpaired) electrons. The van der Waals surface area contributed by atoms with Crippen molar-refractivity contribution in [3.8, 4) is 11.3 Å². The van der Waals surface area contributed by atoms with Gasteiger partial charge in [0.05, 0.1) is 17.7 Å². The van der Waals surface area contributed by atoms with Crippen LogP contribution >= 0.6 is 0 Å². The lowest BCUT2D eigenvalue weighted by atomic mass is 9.80. The minimum Gasteiger partial charge on any atom is -0.378 e. The Bertz CT molecular complexity index is 933. The lowest BCUT2D eigenvalue weighted by Crippen LogP contribution is -2.33. The van der Waals surface area contributed by atoms with E-state index in [1.807, 2.05) is 64.1 Å². The minimum absolute atomic E-state index is 0.0491. The number of amides is 1. The van der Waals surface area contributed by atoms with Crippen LogP contribution in [0, 0.1) is 5.92 Å². The fourth-order valence-electron chi connectivity index (χ4n) is 3.20. The largest absolute Gasteiger partial charge is 0.378 e. The van der Waals surface area contributed by atoms with E-state index < -0.39 is 5.60 Å². The molecular weight excluding hydrogens is 352 g/mol. The number of hydrogen-bond acceptors (Lipinski definition) is 4. The molecule has 0 aliphatic rings. The molecule has 3 N–H and O–H groups in total. The highest BCUT2D eigenvalue weighted by molar-refractivity contribution is 5.93. The molecule has 0 saturated carbocycles. The predicted octanol–water partition coefficient (Wildman–Crippen LogP) is 3.50. The average Bonchev–Trinajstić information content (AvgIpc) is 3.22. The van der Waals surface area contributed by atoms with Crippen molar-refractivity contribution in [1.82, 2.24) is 20.3 Å². The summed E-state index contributed by atoms with van der Waals surface area (Å²) in [6, 6.07) is 13.0. The van der Waals surface area contributed by atoms with Crippen molar-refractivity contribution < 1.29 is 9.90 Å². The Morgan fingerprint density at radius 3 is 2.39 bits per heavy atom. The zero-order valence-corrected chi connectivity index (χ0v) is 16.6. The molecule has 0 aliphatic carbocycles. The molecule has 0 saturated heterocycles. The van der Waals surface area contributed by atoms with Crippen LogP contribution < -0.4 is 5.32 Å². The number of carbonyl (C=O) groups excluding carboxylic acids is 1. The number of imidazole rings is 1. The Morgan fingerprint density at radius 1 is 1.11 bits per heavy atom. The van der Waals surface area contributed by atoms with Gasteiger partial charge in [-0.15, -0.1) is 0 Å². The minimum atomic E-state index is -1.19. The Labute approximate surface area is 165 Å². The zero-order valence-electron chi connectivity index (χ0n) is 16.6. The molecule has 0 aliphatic heterocycles. The van der Waals surface area contributed by atoms with Gasteiger partial charge >= 0.3 is 0 Å². The van der Waals surface area contributed by atoms with Crippen molar-refractivity contribution in [3.63, 3.8) is 0 Å². The van der Waals surface area contributed by atoms with E-state index in [-0.39, 0.29) is 17.9 Å². The first-order chi connectivity index (χ1) is 13.3. The van der Waals surface area contributed by atoms with Gasteiger partial charge in [0.1, 0.15) is 11.3 Å². The summed E-state index contributed by atoms with van der Waals surface area (Å²) in [4.78, 5) is 23.9. The van der Waals surface area contributed by atoms with E-state index in [0.29, 0.717) is 17.1 Å². The van der Waals surface area contributed by atoms with Crippen LogP contribution in [0.25, 0.3) is 11.3 Å². The van der Waals surface area contributed by atoms with Gasteiger partial charge in [-0.3, -0.25) is 4.79 Å². The van der Waals surface area contributed by atoms with E-state index in [0.717, 1.165) is 11.1 Å². The number of rotatable bonds is 6. The molecule has 146 valence electrons. The smallest absolute Gasteiger partial charge is 0.270 e. The van der Waals surface area contributed by atoms with Crippen molar-refractivity contribution in [1.29, 1.82) is 0 Å². The molecule has 6 nitrogen and oxygen atoms in total. The van der Waals surface area contributed by atoms with Crippen LogP contribution in [0.4, 0.5) is 0 Å². The molecule has 1 atom stereocenters. The monoisotopic (exact) mass is 378 g/mol. The lowest BCUT2D eigenvalue weighted by molar-refractivity contribution is 0.0279. The number of hydrogen-bond donors (Lipinski definition) is 3. The molecule has 0 fully saturated rings. The summed E-state index contributed by atoms with van der Waals surface area (Å²) in [7, 11) is 0. The van der Waals surface area contributed by atoms with Gasteiger partial charge in [0, 0.05) is 17.8 Å². The van der Waals surface area contributed by atoms with Gasteiger partial charge in [0.25, 0.3) is 5.91 Å². The maximum Gasteiger partial charge on any atom is 0.270 e. The summed E-state index contributed by atoms with van der Waals surface area (Å²) in [5.74, 6) is -0.260. The van der Waals surface area contributed by atoms with Crippen molar-refractivity contribution in [2.75, 3.05) is 0 Å². The summed E-state index contributed by atoms with van der Waals surface area (Å²) < 4.78 is 0. The second kappa shape index (κ2) is 7.94. The quantitative estimate of drug-likeness (QED) is 0.612. The second-order valence-corrected chi connectivity index (χ2v) is 7.49. The van der Waals surface area contributed by atoms with Crippen molar-refractivity contribution in [2.24, 2.45) is 5.92 Å². The van der Waals surface area contributed by atoms with Crippen LogP contribution in [-0.2, 0) is 5.60 Å². The Morgan fingerprint density at radius 2 is 1.82 bits per heavy atom. The van der Waals surface area contributed by atoms with E-state index in [1.165, 1.54) is 0 Å². The van der Waals surface area contributed by atoms with E-state index in [1.54, 1.807) is 18.6 Å². The molecular formula is C22H26N4O2. The van der Waals surface area contributed by atoms with Gasteiger partial charge in [-0.2, -0.15) is 0 Å². The number of benzene rings is 1. The maximum absolute atomic E-state index is 12.2. The third kappa shape index (κ3) is 3.82. The van der Waals surface area contributed by atoms with Gasteiger partial charge in [0.2, 0.25) is 0 Å². The third-order valence-electron chi connectivity index (χ3n) is 4.75. The molecule has 2 aromatic heterocycles. The van der Waals surface area contributed by atoms with Gasteiger partial charge < -0.3 is 15.4 Å². The number of nitrogens with zero attached hydrogens (tertiary/aromatic N) is 2. The van der Waals surface area contributed by atoms with E-state index >= 15 is 0 Å². The molecule has 1 unspecified atom stereocenters. The van der Waals surface area contributed by atoms with Crippen LogP contribution in [0.5, 0.6) is 0 Å². The van der Waals surface area contributed by atoms with Gasteiger partial charge in [-0.05, 0) is 37.5 Å². The zero-order chi connectivity index (χ0) is 20.3. The number of carbonyl (C=O) groups is 1. The maximum atomic E-state index is 12.2. The number of H-pyrrole nitrogens is 1. The van der Waals surface area contributed by atoms with Crippen LogP contribution in [0.15, 0.2) is 55.0 Å². The summed E-state index contributed by atoms with van der Waals surface area (Å²) in [6.07, 6.45) is 3.28. The van der Waals surface area contributed by atoms with Crippen molar-refractivity contribution >= 4 is 5.91 Å². The first-order valence-corrected chi connectivity index (χ1v) is 9.42. The second-order valence-electron chi connectivity index (χ2n) is 7.49.